The molecule has 1 aliphatic rings. The van der Waals surface area contributed by atoms with Crippen LogP contribution in [0.2, 0.25) is 0 Å². The summed E-state index contributed by atoms with van der Waals surface area (Å²) in [6, 6.07) is 4.31. The number of rotatable bonds is 2. The van der Waals surface area contributed by atoms with Gasteiger partial charge in [0.05, 0.1) is 16.3 Å². The Morgan fingerprint density at radius 1 is 1.47 bits per heavy atom. The van der Waals surface area contributed by atoms with Gasteiger partial charge in [0, 0.05) is 25.2 Å². The third-order valence-corrected chi connectivity index (χ3v) is 3.36. The number of nitrogens with zero attached hydrogens (tertiary/aromatic N) is 2. The molecule has 0 unspecified atom stereocenters. The highest BCUT2D eigenvalue weighted by Gasteiger charge is 2.38. The summed E-state index contributed by atoms with van der Waals surface area (Å²) in [5.41, 5.74) is 6.04. The summed E-state index contributed by atoms with van der Waals surface area (Å²) in [7, 11) is 0. The van der Waals surface area contributed by atoms with Crippen molar-refractivity contribution in [3.8, 4) is 0 Å². The topological polar surface area (TPSA) is 102 Å². The lowest BCUT2D eigenvalue weighted by Crippen LogP contribution is -2.62. The molecule has 1 fully saturated rings. The Labute approximate surface area is 110 Å². The molecule has 0 saturated carbocycles. The van der Waals surface area contributed by atoms with Gasteiger partial charge in [-0.15, -0.1) is 0 Å². The lowest BCUT2D eigenvalue weighted by Gasteiger charge is -2.43. The van der Waals surface area contributed by atoms with Gasteiger partial charge in [0.25, 0.3) is 5.69 Å². The van der Waals surface area contributed by atoms with Crippen LogP contribution in [-0.2, 0) is 4.79 Å². The minimum Gasteiger partial charge on any atom is -0.397 e. The third kappa shape index (κ3) is 2.18. The van der Waals surface area contributed by atoms with Gasteiger partial charge in [-0.3, -0.25) is 14.9 Å². The first-order valence-corrected chi connectivity index (χ1v) is 5.94. The predicted octanol–water partition coefficient (Wildman–Crippen LogP) is 0.892. The van der Waals surface area contributed by atoms with Gasteiger partial charge in [0.1, 0.15) is 5.54 Å². The summed E-state index contributed by atoms with van der Waals surface area (Å²) < 4.78 is 0. The normalized spacial score (nSPS) is 18.0. The second kappa shape index (κ2) is 4.42. The molecule has 1 heterocycles. The predicted molar refractivity (Wildman–Crippen MR) is 71.9 cm³/mol. The van der Waals surface area contributed by atoms with Gasteiger partial charge in [0.15, 0.2) is 0 Å². The number of hydrogen-bond donors (Lipinski definition) is 2. The molecule has 3 N–H and O–H groups in total. The van der Waals surface area contributed by atoms with E-state index in [-0.39, 0.29) is 11.6 Å². The minimum atomic E-state index is -0.734. The van der Waals surface area contributed by atoms with Crippen LogP contribution in [-0.4, -0.2) is 29.5 Å². The molecular formula is C12H16N4O3. The number of hydrogen-bond acceptors (Lipinski definition) is 5. The zero-order valence-electron chi connectivity index (χ0n) is 10.8. The molecule has 1 saturated heterocycles. The van der Waals surface area contributed by atoms with E-state index in [9.17, 15) is 14.9 Å². The van der Waals surface area contributed by atoms with Crippen LogP contribution in [0.15, 0.2) is 18.2 Å². The second-order valence-electron chi connectivity index (χ2n) is 4.97. The Hall–Kier alpha value is -2.31. The second-order valence-corrected chi connectivity index (χ2v) is 4.97. The Kier molecular flexibility index (Phi) is 3.05. The van der Waals surface area contributed by atoms with Crippen LogP contribution in [0.25, 0.3) is 0 Å². The van der Waals surface area contributed by atoms with Crippen molar-refractivity contribution >= 4 is 23.0 Å². The van der Waals surface area contributed by atoms with Crippen molar-refractivity contribution in [2.75, 3.05) is 23.7 Å². The number of carbonyl (C=O) groups is 1. The molecule has 0 spiro atoms. The molecule has 0 atom stereocenters. The number of anilines is 2. The Bertz CT molecular complexity index is 542. The number of piperazine rings is 1. The van der Waals surface area contributed by atoms with E-state index < -0.39 is 10.5 Å². The Morgan fingerprint density at radius 3 is 2.74 bits per heavy atom. The largest absolute Gasteiger partial charge is 0.397 e. The van der Waals surface area contributed by atoms with E-state index in [1.165, 1.54) is 12.1 Å². The summed E-state index contributed by atoms with van der Waals surface area (Å²) in [6.45, 7) is 4.73. The zero-order valence-corrected chi connectivity index (χ0v) is 10.8. The lowest BCUT2D eigenvalue weighted by atomic mass is 9.97. The summed E-state index contributed by atoms with van der Waals surface area (Å²) >= 11 is 0. The summed E-state index contributed by atoms with van der Waals surface area (Å²) in [5, 5.41) is 13.5. The fourth-order valence-electron chi connectivity index (χ4n) is 2.22. The fraction of sp³-hybridized carbons (Fsp3) is 0.417. The van der Waals surface area contributed by atoms with Crippen LogP contribution in [0, 0.1) is 10.1 Å². The van der Waals surface area contributed by atoms with Gasteiger partial charge >= 0.3 is 0 Å². The number of nitrogen functional groups attached to an aromatic ring is 1. The molecule has 19 heavy (non-hydrogen) atoms. The molecule has 1 aromatic rings. The number of nitro benzene ring substituents is 1. The molecule has 0 aliphatic carbocycles. The van der Waals surface area contributed by atoms with Gasteiger partial charge < -0.3 is 16.0 Å². The molecule has 2 rings (SSSR count). The van der Waals surface area contributed by atoms with Crippen LogP contribution in [0.4, 0.5) is 17.1 Å². The number of nitro groups is 1. The fourth-order valence-corrected chi connectivity index (χ4v) is 2.22. The highest BCUT2D eigenvalue weighted by atomic mass is 16.6. The van der Waals surface area contributed by atoms with Crippen molar-refractivity contribution in [1.29, 1.82) is 0 Å². The number of nitrogens with two attached hydrogens (primary N) is 1. The molecule has 0 radical (unpaired) electrons. The minimum absolute atomic E-state index is 0.0551. The van der Waals surface area contributed by atoms with E-state index in [2.05, 4.69) is 5.32 Å². The van der Waals surface area contributed by atoms with Crippen LogP contribution >= 0.6 is 0 Å². The number of amides is 1. The van der Waals surface area contributed by atoms with Crippen molar-refractivity contribution in [3.05, 3.63) is 28.3 Å². The molecule has 1 aliphatic heterocycles. The van der Waals surface area contributed by atoms with Crippen LogP contribution in [0.1, 0.15) is 13.8 Å². The summed E-state index contributed by atoms with van der Waals surface area (Å²) in [6.07, 6.45) is 0. The quantitative estimate of drug-likeness (QED) is 0.469. The molecule has 7 nitrogen and oxygen atoms in total. The van der Waals surface area contributed by atoms with Crippen molar-refractivity contribution in [2.45, 2.75) is 19.4 Å². The van der Waals surface area contributed by atoms with Crippen LogP contribution in [0.5, 0.6) is 0 Å². The summed E-state index contributed by atoms with van der Waals surface area (Å²) in [5.74, 6) is -0.0866. The maximum absolute atomic E-state index is 11.9. The number of benzene rings is 1. The molecular weight excluding hydrogens is 248 g/mol. The van der Waals surface area contributed by atoms with Crippen molar-refractivity contribution in [2.24, 2.45) is 0 Å². The van der Waals surface area contributed by atoms with Gasteiger partial charge in [-0.2, -0.15) is 0 Å². The molecule has 0 aromatic heterocycles. The SMILES string of the molecule is CC1(C)C(=O)NCCN1c1ccc([N+](=O)[O-])cc1N. The van der Waals surface area contributed by atoms with E-state index >= 15 is 0 Å². The monoisotopic (exact) mass is 264 g/mol. The molecule has 1 amide bonds. The first-order valence-electron chi connectivity index (χ1n) is 5.94. The summed E-state index contributed by atoms with van der Waals surface area (Å²) in [4.78, 5) is 24.0. The standard InChI is InChI=1S/C12H16N4O3/c1-12(2)11(17)14-5-6-15(12)10-4-3-8(16(18)19)7-9(10)13/h3-4,7H,5-6,13H2,1-2H3,(H,14,17). The van der Waals surface area contributed by atoms with Gasteiger partial charge in [0.2, 0.25) is 5.91 Å². The average molecular weight is 264 g/mol. The van der Waals surface area contributed by atoms with Crippen molar-refractivity contribution < 1.29 is 9.72 Å². The number of non-ortho nitro benzene ring substituents is 1. The number of nitrogens with one attached hydrogen (secondary N) is 1. The number of carbonyl (C=O) groups excluding carboxylic acids is 1. The Morgan fingerprint density at radius 2 is 2.16 bits per heavy atom. The van der Waals surface area contributed by atoms with E-state index in [1.54, 1.807) is 19.9 Å². The lowest BCUT2D eigenvalue weighted by molar-refractivity contribution is -0.384. The van der Waals surface area contributed by atoms with E-state index in [0.29, 0.717) is 24.5 Å². The highest BCUT2D eigenvalue weighted by molar-refractivity contribution is 5.91. The molecule has 1 aromatic carbocycles. The van der Waals surface area contributed by atoms with Crippen LogP contribution < -0.4 is 16.0 Å². The van der Waals surface area contributed by atoms with Crippen molar-refractivity contribution in [1.82, 2.24) is 5.32 Å². The molecule has 7 heteroatoms. The van der Waals surface area contributed by atoms with E-state index in [1.807, 2.05) is 4.90 Å². The molecule has 0 bridgehead atoms. The van der Waals surface area contributed by atoms with Gasteiger partial charge in [-0.25, -0.2) is 0 Å². The smallest absolute Gasteiger partial charge is 0.271 e. The Balaban J connectivity index is 2.41. The first-order chi connectivity index (χ1) is 8.84. The van der Waals surface area contributed by atoms with Gasteiger partial charge in [-0.1, -0.05) is 0 Å². The van der Waals surface area contributed by atoms with Gasteiger partial charge in [-0.05, 0) is 19.9 Å². The maximum atomic E-state index is 11.9. The van der Waals surface area contributed by atoms with E-state index in [4.69, 9.17) is 5.73 Å². The first kappa shape index (κ1) is 13.1. The van der Waals surface area contributed by atoms with E-state index in [0.717, 1.165) is 0 Å². The third-order valence-electron chi connectivity index (χ3n) is 3.36. The van der Waals surface area contributed by atoms with Crippen molar-refractivity contribution in [3.63, 3.8) is 0 Å². The van der Waals surface area contributed by atoms with Crippen LogP contribution in [0.3, 0.4) is 0 Å². The highest BCUT2D eigenvalue weighted by Crippen LogP contribution is 2.33. The molecule has 102 valence electrons. The average Bonchev–Trinajstić information content (AvgIpc) is 2.33. The maximum Gasteiger partial charge on any atom is 0.271 e. The zero-order chi connectivity index (χ0) is 14.2.